The number of likely N-dealkylation sites (tertiary alicyclic amines) is 2. The Morgan fingerprint density at radius 2 is 1.83 bits per heavy atom. The highest BCUT2D eigenvalue weighted by Gasteiger charge is 2.23. The number of nitrogens with zero attached hydrogens (tertiary/aromatic N) is 2. The Balaban J connectivity index is 1.33. The van der Waals surface area contributed by atoms with Gasteiger partial charge in [-0.25, -0.2) is 0 Å². The van der Waals surface area contributed by atoms with Gasteiger partial charge in [-0.15, -0.1) is 0 Å². The third-order valence-electron chi connectivity index (χ3n) is 6.62. The smallest absolute Gasteiger partial charge is 0.222 e. The first-order chi connectivity index (χ1) is 14.2. The molecule has 2 heterocycles. The van der Waals surface area contributed by atoms with Gasteiger partial charge in [-0.3, -0.25) is 9.69 Å². The van der Waals surface area contributed by atoms with Gasteiger partial charge in [-0.1, -0.05) is 42.5 Å². The molecular formula is C26H34N2O. The molecule has 0 aliphatic carbocycles. The summed E-state index contributed by atoms with van der Waals surface area (Å²) in [5, 5.41) is 0. The van der Waals surface area contributed by atoms with E-state index in [9.17, 15) is 4.79 Å². The maximum Gasteiger partial charge on any atom is 0.222 e. The number of aryl methyl sites for hydroxylation is 1. The Kier molecular flexibility index (Phi) is 6.66. The zero-order valence-corrected chi connectivity index (χ0v) is 17.8. The molecule has 2 aliphatic rings. The second-order valence-corrected chi connectivity index (χ2v) is 8.89. The van der Waals surface area contributed by atoms with Crippen LogP contribution < -0.4 is 0 Å². The van der Waals surface area contributed by atoms with Crippen LogP contribution in [0.15, 0.2) is 48.5 Å². The van der Waals surface area contributed by atoms with Crippen LogP contribution in [0.25, 0.3) is 11.1 Å². The van der Waals surface area contributed by atoms with Gasteiger partial charge in [0, 0.05) is 32.6 Å². The minimum Gasteiger partial charge on any atom is -0.343 e. The highest BCUT2D eigenvalue weighted by atomic mass is 16.2. The molecule has 1 unspecified atom stereocenters. The molecule has 1 amide bonds. The van der Waals surface area contributed by atoms with Crippen molar-refractivity contribution < 1.29 is 4.79 Å². The minimum atomic E-state index is 0.380. The number of carbonyl (C=O) groups is 1. The zero-order chi connectivity index (χ0) is 20.1. The minimum absolute atomic E-state index is 0.380. The van der Waals surface area contributed by atoms with E-state index in [1.807, 2.05) is 0 Å². The van der Waals surface area contributed by atoms with Gasteiger partial charge in [0.25, 0.3) is 0 Å². The van der Waals surface area contributed by atoms with E-state index in [0.29, 0.717) is 11.8 Å². The molecule has 0 aromatic heterocycles. The Hall–Kier alpha value is -2.13. The van der Waals surface area contributed by atoms with Crippen LogP contribution in [-0.2, 0) is 11.3 Å². The number of hydrogen-bond donors (Lipinski definition) is 0. The largest absolute Gasteiger partial charge is 0.343 e. The predicted octanol–water partition coefficient (Wildman–Crippen LogP) is 5.28. The van der Waals surface area contributed by atoms with Crippen molar-refractivity contribution in [2.45, 2.75) is 52.0 Å². The topological polar surface area (TPSA) is 23.6 Å². The fourth-order valence-corrected chi connectivity index (χ4v) is 4.97. The summed E-state index contributed by atoms with van der Waals surface area (Å²) in [6, 6.07) is 17.6. The summed E-state index contributed by atoms with van der Waals surface area (Å²) < 4.78 is 0. The quantitative estimate of drug-likeness (QED) is 0.670. The fourth-order valence-electron chi connectivity index (χ4n) is 4.97. The monoisotopic (exact) mass is 390 g/mol. The summed E-state index contributed by atoms with van der Waals surface area (Å²) in [5.74, 6) is 1.04. The van der Waals surface area contributed by atoms with Gasteiger partial charge in [-0.05, 0) is 79.8 Å². The molecule has 0 radical (unpaired) electrons. The number of piperidine rings is 1. The lowest BCUT2D eigenvalue weighted by atomic mass is 9.92. The summed E-state index contributed by atoms with van der Waals surface area (Å²) in [6.07, 6.45) is 6.68. The maximum absolute atomic E-state index is 12.4. The Labute approximate surface area is 175 Å². The van der Waals surface area contributed by atoms with Crippen molar-refractivity contribution in [3.63, 3.8) is 0 Å². The molecule has 2 saturated heterocycles. The van der Waals surface area contributed by atoms with Gasteiger partial charge >= 0.3 is 0 Å². The van der Waals surface area contributed by atoms with Gasteiger partial charge in [0.15, 0.2) is 0 Å². The van der Waals surface area contributed by atoms with Crippen molar-refractivity contribution in [1.29, 1.82) is 0 Å². The van der Waals surface area contributed by atoms with Crippen molar-refractivity contribution in [2.24, 2.45) is 5.92 Å². The van der Waals surface area contributed by atoms with E-state index in [2.05, 4.69) is 65.3 Å². The lowest BCUT2D eigenvalue weighted by Crippen LogP contribution is -2.36. The van der Waals surface area contributed by atoms with Gasteiger partial charge < -0.3 is 4.90 Å². The maximum atomic E-state index is 12.4. The highest BCUT2D eigenvalue weighted by molar-refractivity contribution is 5.76. The van der Waals surface area contributed by atoms with Crippen LogP contribution in [-0.4, -0.2) is 41.9 Å². The third kappa shape index (κ3) is 5.27. The van der Waals surface area contributed by atoms with E-state index < -0.39 is 0 Å². The average molecular weight is 391 g/mol. The lowest BCUT2D eigenvalue weighted by molar-refractivity contribution is -0.130. The predicted molar refractivity (Wildman–Crippen MR) is 120 cm³/mol. The lowest BCUT2D eigenvalue weighted by Gasteiger charge is -2.33. The van der Waals surface area contributed by atoms with Gasteiger partial charge in [0.05, 0.1) is 0 Å². The van der Waals surface area contributed by atoms with Crippen LogP contribution in [0.4, 0.5) is 0 Å². The summed E-state index contributed by atoms with van der Waals surface area (Å²) in [4.78, 5) is 17.0. The molecule has 154 valence electrons. The molecular weight excluding hydrogens is 356 g/mol. The molecule has 3 nitrogen and oxygen atoms in total. The number of amides is 1. The normalized spacial score (nSPS) is 20.2. The van der Waals surface area contributed by atoms with E-state index in [0.717, 1.165) is 39.0 Å². The van der Waals surface area contributed by atoms with E-state index in [1.54, 1.807) is 0 Å². The van der Waals surface area contributed by atoms with Crippen molar-refractivity contribution in [3.8, 4) is 11.1 Å². The van der Waals surface area contributed by atoms with E-state index in [1.165, 1.54) is 54.5 Å². The summed E-state index contributed by atoms with van der Waals surface area (Å²) >= 11 is 0. The fraction of sp³-hybridized carbons (Fsp3) is 0.500. The average Bonchev–Trinajstić information content (AvgIpc) is 3.28. The second kappa shape index (κ2) is 9.58. The van der Waals surface area contributed by atoms with Gasteiger partial charge in [0.2, 0.25) is 5.91 Å². The van der Waals surface area contributed by atoms with Crippen LogP contribution in [0.1, 0.15) is 49.7 Å². The SMILES string of the molecule is Cc1ccccc1-c1cccc(CN2CCCC(CCC(=O)N3CCCC3)C2)c1. The summed E-state index contributed by atoms with van der Waals surface area (Å²) in [5.41, 5.74) is 5.35. The van der Waals surface area contributed by atoms with E-state index in [-0.39, 0.29) is 0 Å². The molecule has 2 aliphatic heterocycles. The zero-order valence-electron chi connectivity index (χ0n) is 17.8. The molecule has 2 fully saturated rings. The molecule has 0 saturated carbocycles. The number of rotatable bonds is 6. The van der Waals surface area contributed by atoms with Crippen LogP contribution in [0, 0.1) is 12.8 Å². The standard InChI is InChI=1S/C26H34N2O/c1-21-8-2-3-12-25(21)24-11-6-9-23(18-24)20-27-15-7-10-22(19-27)13-14-26(29)28-16-4-5-17-28/h2-3,6,8-9,11-12,18,22H,4-5,7,10,13-17,19-20H2,1H3. The summed E-state index contributed by atoms with van der Waals surface area (Å²) in [6.45, 7) is 7.45. The number of benzene rings is 2. The van der Waals surface area contributed by atoms with Crippen molar-refractivity contribution >= 4 is 5.91 Å². The second-order valence-electron chi connectivity index (χ2n) is 8.89. The molecule has 4 rings (SSSR count). The first-order valence-electron chi connectivity index (χ1n) is 11.3. The molecule has 2 aromatic carbocycles. The summed E-state index contributed by atoms with van der Waals surface area (Å²) in [7, 11) is 0. The Morgan fingerprint density at radius 3 is 2.66 bits per heavy atom. The highest BCUT2D eigenvalue weighted by Crippen LogP contribution is 2.26. The first kappa shape index (κ1) is 20.2. The molecule has 0 spiro atoms. The molecule has 2 aromatic rings. The van der Waals surface area contributed by atoms with Gasteiger partial charge in [0.1, 0.15) is 0 Å². The van der Waals surface area contributed by atoms with Crippen LogP contribution >= 0.6 is 0 Å². The van der Waals surface area contributed by atoms with Crippen LogP contribution in [0.2, 0.25) is 0 Å². The van der Waals surface area contributed by atoms with Crippen molar-refractivity contribution in [1.82, 2.24) is 9.80 Å². The first-order valence-corrected chi connectivity index (χ1v) is 11.3. The number of carbonyl (C=O) groups excluding carboxylic acids is 1. The van der Waals surface area contributed by atoms with Gasteiger partial charge in [-0.2, -0.15) is 0 Å². The van der Waals surface area contributed by atoms with E-state index in [4.69, 9.17) is 0 Å². The Morgan fingerprint density at radius 1 is 1.00 bits per heavy atom. The van der Waals surface area contributed by atoms with E-state index >= 15 is 0 Å². The van der Waals surface area contributed by atoms with Crippen molar-refractivity contribution in [3.05, 3.63) is 59.7 Å². The molecule has 0 bridgehead atoms. The van der Waals surface area contributed by atoms with Crippen molar-refractivity contribution in [2.75, 3.05) is 26.2 Å². The third-order valence-corrected chi connectivity index (χ3v) is 6.62. The van der Waals surface area contributed by atoms with Crippen LogP contribution in [0.5, 0.6) is 0 Å². The number of hydrogen-bond acceptors (Lipinski definition) is 2. The molecule has 0 N–H and O–H groups in total. The molecule has 29 heavy (non-hydrogen) atoms. The molecule has 3 heteroatoms. The Bertz CT molecular complexity index is 825. The molecule has 1 atom stereocenters. The van der Waals surface area contributed by atoms with Crippen LogP contribution in [0.3, 0.4) is 0 Å².